The van der Waals surface area contributed by atoms with Gasteiger partial charge in [-0.15, -0.1) is 0 Å². The van der Waals surface area contributed by atoms with Gasteiger partial charge in [0.05, 0.1) is 6.20 Å². The highest BCUT2D eigenvalue weighted by atomic mass is 16.2. The van der Waals surface area contributed by atoms with Gasteiger partial charge in [-0.1, -0.05) is 6.07 Å². The number of aromatic amines is 1. The SMILES string of the molecule is O=C(NNC(=O)c1cnc(C2CC2)[nH]1)c1ccccn1. The van der Waals surface area contributed by atoms with Crippen LogP contribution in [0.15, 0.2) is 30.6 Å². The maximum atomic E-state index is 11.8. The molecule has 2 amide bonds. The maximum absolute atomic E-state index is 11.8. The molecule has 2 aromatic rings. The third-order valence-electron chi connectivity index (χ3n) is 2.99. The van der Waals surface area contributed by atoms with Crippen molar-refractivity contribution in [3.63, 3.8) is 0 Å². The van der Waals surface area contributed by atoms with E-state index in [-0.39, 0.29) is 5.69 Å². The second kappa shape index (κ2) is 5.12. The van der Waals surface area contributed by atoms with E-state index >= 15 is 0 Å². The second-order valence-corrected chi connectivity index (χ2v) is 4.58. The van der Waals surface area contributed by atoms with Crippen LogP contribution in [0.25, 0.3) is 0 Å². The van der Waals surface area contributed by atoms with Crippen LogP contribution in [0.1, 0.15) is 45.6 Å². The van der Waals surface area contributed by atoms with E-state index in [0.29, 0.717) is 11.6 Å². The summed E-state index contributed by atoms with van der Waals surface area (Å²) in [5.41, 5.74) is 5.18. The lowest BCUT2D eigenvalue weighted by Gasteiger charge is -2.05. The number of carbonyl (C=O) groups is 2. The summed E-state index contributed by atoms with van der Waals surface area (Å²) in [6, 6.07) is 4.96. The van der Waals surface area contributed by atoms with Crippen molar-refractivity contribution in [1.82, 2.24) is 25.8 Å². The zero-order valence-electron chi connectivity index (χ0n) is 10.6. The Morgan fingerprint density at radius 3 is 2.65 bits per heavy atom. The molecule has 0 atom stereocenters. The molecule has 0 unspecified atom stereocenters. The number of pyridine rings is 1. The van der Waals surface area contributed by atoms with Gasteiger partial charge in [0.25, 0.3) is 11.8 Å². The Bertz CT molecular complexity index is 633. The number of amides is 2. The molecule has 0 bridgehead atoms. The molecule has 7 heteroatoms. The normalized spacial score (nSPS) is 13.8. The lowest BCUT2D eigenvalue weighted by Crippen LogP contribution is -2.42. The molecular weight excluding hydrogens is 258 g/mol. The van der Waals surface area contributed by atoms with Crippen LogP contribution >= 0.6 is 0 Å². The molecule has 7 nitrogen and oxygen atoms in total. The highest BCUT2D eigenvalue weighted by Crippen LogP contribution is 2.37. The number of H-pyrrole nitrogens is 1. The van der Waals surface area contributed by atoms with Gasteiger partial charge < -0.3 is 4.98 Å². The number of nitrogens with one attached hydrogen (secondary N) is 3. The van der Waals surface area contributed by atoms with Gasteiger partial charge >= 0.3 is 0 Å². The molecule has 0 aliphatic heterocycles. The molecule has 1 aliphatic carbocycles. The van der Waals surface area contributed by atoms with Crippen LogP contribution in [0, 0.1) is 0 Å². The van der Waals surface area contributed by atoms with Crippen LogP contribution in [-0.4, -0.2) is 26.8 Å². The summed E-state index contributed by atoms with van der Waals surface area (Å²) in [7, 11) is 0. The van der Waals surface area contributed by atoms with Crippen LogP contribution < -0.4 is 10.9 Å². The van der Waals surface area contributed by atoms with Crippen LogP contribution in [0.3, 0.4) is 0 Å². The summed E-state index contributed by atoms with van der Waals surface area (Å²) in [6.07, 6.45) is 5.18. The molecule has 3 rings (SSSR count). The first-order valence-corrected chi connectivity index (χ1v) is 6.30. The Morgan fingerprint density at radius 1 is 1.15 bits per heavy atom. The van der Waals surface area contributed by atoms with E-state index in [0.717, 1.165) is 18.7 Å². The molecule has 3 N–H and O–H groups in total. The minimum absolute atomic E-state index is 0.232. The van der Waals surface area contributed by atoms with Crippen LogP contribution in [0.4, 0.5) is 0 Å². The van der Waals surface area contributed by atoms with E-state index in [1.807, 2.05) is 0 Å². The van der Waals surface area contributed by atoms with E-state index in [1.165, 1.54) is 12.4 Å². The molecule has 20 heavy (non-hydrogen) atoms. The Morgan fingerprint density at radius 2 is 1.95 bits per heavy atom. The van der Waals surface area contributed by atoms with E-state index in [4.69, 9.17) is 0 Å². The van der Waals surface area contributed by atoms with Crippen molar-refractivity contribution < 1.29 is 9.59 Å². The number of hydrogen-bond donors (Lipinski definition) is 3. The highest BCUT2D eigenvalue weighted by Gasteiger charge is 2.27. The van der Waals surface area contributed by atoms with Crippen molar-refractivity contribution in [1.29, 1.82) is 0 Å². The predicted molar refractivity (Wildman–Crippen MR) is 69.7 cm³/mol. The number of rotatable bonds is 3. The molecule has 1 aliphatic rings. The van der Waals surface area contributed by atoms with E-state index in [2.05, 4.69) is 25.8 Å². The third kappa shape index (κ3) is 2.66. The van der Waals surface area contributed by atoms with E-state index in [9.17, 15) is 9.59 Å². The molecule has 0 saturated heterocycles. The van der Waals surface area contributed by atoms with E-state index in [1.54, 1.807) is 18.2 Å². The Hall–Kier alpha value is -2.70. The minimum Gasteiger partial charge on any atom is -0.338 e. The Kier molecular flexibility index (Phi) is 3.16. The van der Waals surface area contributed by atoms with Crippen LogP contribution in [0.2, 0.25) is 0 Å². The summed E-state index contributed by atoms with van der Waals surface area (Å²) in [6.45, 7) is 0. The fraction of sp³-hybridized carbons (Fsp3) is 0.231. The number of hydrazine groups is 1. The first-order valence-electron chi connectivity index (χ1n) is 6.30. The van der Waals surface area contributed by atoms with Gasteiger partial charge in [0.2, 0.25) is 0 Å². The lowest BCUT2D eigenvalue weighted by molar-refractivity contribution is 0.0841. The Labute approximate surface area is 114 Å². The van der Waals surface area contributed by atoms with Gasteiger partial charge in [0.1, 0.15) is 17.2 Å². The van der Waals surface area contributed by atoms with Crippen LogP contribution in [0.5, 0.6) is 0 Å². The molecular formula is C13H13N5O2. The first-order chi connectivity index (χ1) is 9.74. The summed E-state index contributed by atoms with van der Waals surface area (Å²) >= 11 is 0. The molecule has 1 fully saturated rings. The first kappa shape index (κ1) is 12.3. The monoisotopic (exact) mass is 271 g/mol. The molecule has 0 aromatic carbocycles. The highest BCUT2D eigenvalue weighted by molar-refractivity contribution is 5.97. The topological polar surface area (TPSA) is 99.8 Å². The van der Waals surface area contributed by atoms with E-state index < -0.39 is 11.8 Å². The minimum atomic E-state index is -0.471. The number of aromatic nitrogens is 3. The van der Waals surface area contributed by atoms with Crippen molar-refractivity contribution >= 4 is 11.8 Å². The van der Waals surface area contributed by atoms with Crippen molar-refractivity contribution in [3.05, 3.63) is 47.8 Å². The summed E-state index contributed by atoms with van der Waals surface area (Å²) < 4.78 is 0. The number of nitrogens with zero attached hydrogens (tertiary/aromatic N) is 2. The molecule has 102 valence electrons. The third-order valence-corrected chi connectivity index (χ3v) is 2.99. The average Bonchev–Trinajstić information content (AvgIpc) is 3.22. The second-order valence-electron chi connectivity index (χ2n) is 4.58. The van der Waals surface area contributed by atoms with Crippen molar-refractivity contribution in [3.8, 4) is 0 Å². The van der Waals surface area contributed by atoms with Gasteiger partial charge in [0, 0.05) is 12.1 Å². The van der Waals surface area contributed by atoms with Gasteiger partial charge in [-0.05, 0) is 25.0 Å². The largest absolute Gasteiger partial charge is 0.338 e. The standard InChI is InChI=1S/C13H13N5O2/c19-12(9-3-1-2-6-14-9)17-18-13(20)10-7-15-11(16-10)8-4-5-8/h1-3,6-8H,4-5H2,(H,15,16)(H,17,19)(H,18,20). The van der Waals surface area contributed by atoms with Gasteiger partial charge in [-0.2, -0.15) is 0 Å². The predicted octanol–water partition coefficient (Wildman–Crippen LogP) is 0.757. The quantitative estimate of drug-likeness (QED) is 0.717. The van der Waals surface area contributed by atoms with Gasteiger partial charge in [-0.25, -0.2) is 4.98 Å². The average molecular weight is 271 g/mol. The molecule has 2 aromatic heterocycles. The summed E-state index contributed by atoms with van der Waals surface area (Å²) in [5.74, 6) is 0.362. The molecule has 2 heterocycles. The van der Waals surface area contributed by atoms with Crippen LogP contribution in [-0.2, 0) is 0 Å². The van der Waals surface area contributed by atoms with Crippen molar-refractivity contribution in [2.75, 3.05) is 0 Å². The molecule has 1 saturated carbocycles. The number of imidazole rings is 1. The lowest BCUT2D eigenvalue weighted by atomic mass is 10.3. The van der Waals surface area contributed by atoms with Crippen molar-refractivity contribution in [2.45, 2.75) is 18.8 Å². The summed E-state index contributed by atoms with van der Waals surface area (Å²) in [4.78, 5) is 34.5. The summed E-state index contributed by atoms with van der Waals surface area (Å²) in [5, 5.41) is 0. The zero-order valence-corrected chi connectivity index (χ0v) is 10.6. The van der Waals surface area contributed by atoms with Gasteiger partial charge in [0.15, 0.2) is 0 Å². The van der Waals surface area contributed by atoms with Crippen molar-refractivity contribution in [2.24, 2.45) is 0 Å². The Balaban J connectivity index is 1.57. The fourth-order valence-corrected chi connectivity index (χ4v) is 1.76. The number of carbonyl (C=O) groups excluding carboxylic acids is 2. The number of hydrogen-bond acceptors (Lipinski definition) is 4. The maximum Gasteiger partial charge on any atom is 0.288 e. The fourth-order valence-electron chi connectivity index (χ4n) is 1.76. The zero-order chi connectivity index (χ0) is 13.9. The smallest absolute Gasteiger partial charge is 0.288 e. The molecule has 0 radical (unpaired) electrons. The molecule has 0 spiro atoms. The van der Waals surface area contributed by atoms with Gasteiger partial charge in [-0.3, -0.25) is 25.4 Å².